The summed E-state index contributed by atoms with van der Waals surface area (Å²) in [5.41, 5.74) is 1.26. The molecule has 3 heteroatoms. The summed E-state index contributed by atoms with van der Waals surface area (Å²) >= 11 is 0. The van der Waals surface area contributed by atoms with Crippen molar-refractivity contribution in [3.8, 4) is 5.75 Å². The van der Waals surface area contributed by atoms with Crippen molar-refractivity contribution in [2.45, 2.75) is 20.1 Å². The molecule has 0 aromatic heterocycles. The van der Waals surface area contributed by atoms with Crippen molar-refractivity contribution in [1.82, 2.24) is 5.32 Å². The molecule has 3 nitrogen and oxygen atoms in total. The van der Waals surface area contributed by atoms with Crippen LogP contribution >= 0.6 is 0 Å². The van der Waals surface area contributed by atoms with Crippen molar-refractivity contribution in [2.75, 3.05) is 13.2 Å². The van der Waals surface area contributed by atoms with Gasteiger partial charge in [0.2, 0.25) is 0 Å². The van der Waals surface area contributed by atoms with Gasteiger partial charge in [0.25, 0.3) is 0 Å². The average Bonchev–Trinajstić information content (AvgIpc) is 2.20. The van der Waals surface area contributed by atoms with E-state index in [1.165, 1.54) is 0 Å². The maximum atomic E-state index is 9.18. The summed E-state index contributed by atoms with van der Waals surface area (Å²) in [6.07, 6.45) is -0.0429. The molecule has 0 bridgehead atoms. The molecule has 2 rings (SSSR count). The van der Waals surface area contributed by atoms with Crippen LogP contribution in [0.2, 0.25) is 0 Å². The Morgan fingerprint density at radius 2 is 2.00 bits per heavy atom. The third-order valence-corrected chi connectivity index (χ3v) is 2.60. The van der Waals surface area contributed by atoms with Gasteiger partial charge in [-0.05, 0) is 17.7 Å². The minimum Gasteiger partial charge on any atom is -0.508 e. The van der Waals surface area contributed by atoms with Crippen molar-refractivity contribution in [2.24, 2.45) is 5.41 Å². The van der Waals surface area contributed by atoms with Crippen LogP contribution in [-0.4, -0.2) is 18.3 Å². The smallest absolute Gasteiger partial charge is 0.134 e. The van der Waals surface area contributed by atoms with Gasteiger partial charge in [0, 0.05) is 12.0 Å². The van der Waals surface area contributed by atoms with E-state index < -0.39 is 0 Å². The predicted molar refractivity (Wildman–Crippen MR) is 58.6 cm³/mol. The molecule has 0 spiro atoms. The Morgan fingerprint density at radius 1 is 1.33 bits per heavy atom. The molecule has 1 heterocycles. The number of hydrogen-bond acceptors (Lipinski definition) is 3. The lowest BCUT2D eigenvalue weighted by Crippen LogP contribution is -2.42. The molecule has 1 aromatic rings. The molecular weight excluding hydrogens is 190 g/mol. The van der Waals surface area contributed by atoms with Crippen LogP contribution in [0, 0.1) is 5.41 Å². The van der Waals surface area contributed by atoms with E-state index in [1.54, 1.807) is 12.1 Å². The molecule has 0 amide bonds. The minimum atomic E-state index is -0.0429. The van der Waals surface area contributed by atoms with Crippen LogP contribution < -0.4 is 5.32 Å². The quantitative estimate of drug-likeness (QED) is 0.740. The zero-order valence-electron chi connectivity index (χ0n) is 9.16. The Kier molecular flexibility index (Phi) is 2.67. The predicted octanol–water partition coefficient (Wildman–Crippen LogP) is 2.04. The fourth-order valence-corrected chi connectivity index (χ4v) is 1.65. The van der Waals surface area contributed by atoms with Gasteiger partial charge in [0.05, 0.1) is 6.61 Å². The lowest BCUT2D eigenvalue weighted by molar-refractivity contribution is -0.0595. The largest absolute Gasteiger partial charge is 0.508 e. The van der Waals surface area contributed by atoms with Crippen LogP contribution in [0.15, 0.2) is 24.3 Å². The topological polar surface area (TPSA) is 41.5 Å². The van der Waals surface area contributed by atoms with E-state index in [0.29, 0.717) is 0 Å². The van der Waals surface area contributed by atoms with Crippen LogP contribution in [0.25, 0.3) is 0 Å². The van der Waals surface area contributed by atoms with Crippen LogP contribution in [-0.2, 0) is 4.74 Å². The van der Waals surface area contributed by atoms with Gasteiger partial charge in [-0.1, -0.05) is 26.0 Å². The first-order chi connectivity index (χ1) is 7.07. The van der Waals surface area contributed by atoms with E-state index >= 15 is 0 Å². The summed E-state index contributed by atoms with van der Waals surface area (Å²) in [5.74, 6) is 0.287. The molecule has 1 atom stereocenters. The number of phenolic OH excluding ortho intramolecular Hbond substituents is 1. The van der Waals surface area contributed by atoms with Crippen molar-refractivity contribution < 1.29 is 9.84 Å². The van der Waals surface area contributed by atoms with Crippen molar-refractivity contribution >= 4 is 0 Å². The van der Waals surface area contributed by atoms with E-state index in [9.17, 15) is 5.11 Å². The van der Waals surface area contributed by atoms with Gasteiger partial charge in [-0.15, -0.1) is 0 Å². The Labute approximate surface area is 90.1 Å². The highest BCUT2D eigenvalue weighted by Crippen LogP contribution is 2.26. The molecule has 1 fully saturated rings. The standard InChI is InChI=1S/C12H17NO2/c1-12(2)7-13-11(15-8-12)9-3-5-10(14)6-4-9/h3-6,11,13-14H,7-8H2,1-2H3. The maximum Gasteiger partial charge on any atom is 0.134 e. The molecule has 0 saturated carbocycles. The highest BCUT2D eigenvalue weighted by molar-refractivity contribution is 5.27. The number of aromatic hydroxyl groups is 1. The molecule has 0 aliphatic carbocycles. The summed E-state index contributed by atoms with van der Waals surface area (Å²) < 4.78 is 5.73. The summed E-state index contributed by atoms with van der Waals surface area (Å²) in [6.45, 7) is 6.05. The summed E-state index contributed by atoms with van der Waals surface area (Å²) in [5, 5.41) is 12.5. The summed E-state index contributed by atoms with van der Waals surface area (Å²) in [4.78, 5) is 0. The maximum absolute atomic E-state index is 9.18. The average molecular weight is 207 g/mol. The Bertz CT molecular complexity index is 322. The molecule has 1 aromatic carbocycles. The second-order valence-corrected chi connectivity index (χ2v) is 4.83. The van der Waals surface area contributed by atoms with E-state index in [1.807, 2.05) is 12.1 Å². The second-order valence-electron chi connectivity index (χ2n) is 4.83. The third-order valence-electron chi connectivity index (χ3n) is 2.60. The molecule has 2 N–H and O–H groups in total. The van der Waals surface area contributed by atoms with E-state index in [4.69, 9.17) is 4.74 Å². The zero-order valence-corrected chi connectivity index (χ0v) is 9.16. The van der Waals surface area contributed by atoms with Crippen molar-refractivity contribution in [3.63, 3.8) is 0 Å². The van der Waals surface area contributed by atoms with Gasteiger partial charge in [-0.3, -0.25) is 5.32 Å². The monoisotopic (exact) mass is 207 g/mol. The van der Waals surface area contributed by atoms with Crippen LogP contribution in [0.1, 0.15) is 25.6 Å². The first-order valence-corrected chi connectivity index (χ1v) is 5.21. The highest BCUT2D eigenvalue weighted by Gasteiger charge is 2.27. The lowest BCUT2D eigenvalue weighted by atomic mass is 9.93. The van der Waals surface area contributed by atoms with Gasteiger partial charge in [0.1, 0.15) is 12.0 Å². The number of nitrogens with one attached hydrogen (secondary N) is 1. The molecule has 1 aliphatic heterocycles. The summed E-state index contributed by atoms with van der Waals surface area (Å²) in [7, 11) is 0. The Morgan fingerprint density at radius 3 is 2.53 bits per heavy atom. The number of benzene rings is 1. The minimum absolute atomic E-state index is 0.0429. The first kappa shape index (κ1) is 10.5. The molecule has 1 unspecified atom stereocenters. The van der Waals surface area contributed by atoms with Crippen LogP contribution in [0.3, 0.4) is 0 Å². The van der Waals surface area contributed by atoms with Crippen LogP contribution in [0.5, 0.6) is 5.75 Å². The number of ether oxygens (including phenoxy) is 1. The van der Waals surface area contributed by atoms with Crippen molar-refractivity contribution in [3.05, 3.63) is 29.8 Å². The molecule has 1 saturated heterocycles. The normalized spacial score (nSPS) is 25.1. The van der Waals surface area contributed by atoms with Gasteiger partial charge >= 0.3 is 0 Å². The van der Waals surface area contributed by atoms with Gasteiger partial charge < -0.3 is 9.84 Å². The highest BCUT2D eigenvalue weighted by atomic mass is 16.5. The van der Waals surface area contributed by atoms with E-state index in [2.05, 4.69) is 19.2 Å². The van der Waals surface area contributed by atoms with Crippen LogP contribution in [0.4, 0.5) is 0 Å². The van der Waals surface area contributed by atoms with Crippen molar-refractivity contribution in [1.29, 1.82) is 0 Å². The van der Waals surface area contributed by atoms with Gasteiger partial charge in [0.15, 0.2) is 0 Å². The second kappa shape index (κ2) is 3.83. The van der Waals surface area contributed by atoms with E-state index in [-0.39, 0.29) is 17.4 Å². The summed E-state index contributed by atoms with van der Waals surface area (Å²) in [6, 6.07) is 7.12. The zero-order chi connectivity index (χ0) is 10.9. The van der Waals surface area contributed by atoms with E-state index in [0.717, 1.165) is 18.7 Å². The lowest BCUT2D eigenvalue weighted by Gasteiger charge is -2.35. The number of hydrogen-bond donors (Lipinski definition) is 2. The molecule has 1 aliphatic rings. The number of phenols is 1. The molecular formula is C12H17NO2. The third kappa shape index (κ3) is 2.49. The first-order valence-electron chi connectivity index (χ1n) is 5.21. The molecule has 15 heavy (non-hydrogen) atoms. The Hall–Kier alpha value is -1.06. The van der Waals surface area contributed by atoms with Gasteiger partial charge in [-0.2, -0.15) is 0 Å². The molecule has 0 radical (unpaired) electrons. The fourth-order valence-electron chi connectivity index (χ4n) is 1.65. The SMILES string of the molecule is CC1(C)CNC(c2ccc(O)cc2)OC1. The number of rotatable bonds is 1. The molecule has 82 valence electrons. The fraction of sp³-hybridized carbons (Fsp3) is 0.500. The Balaban J connectivity index is 2.04. The van der Waals surface area contributed by atoms with Gasteiger partial charge in [-0.25, -0.2) is 0 Å².